The molecule has 0 radical (unpaired) electrons. The van der Waals surface area contributed by atoms with Gasteiger partial charge in [0.05, 0.1) is 0 Å². The molecule has 0 spiro atoms. The van der Waals surface area contributed by atoms with Gasteiger partial charge < -0.3 is 10.8 Å². The summed E-state index contributed by atoms with van der Waals surface area (Å²) in [5, 5.41) is 9.02. The van der Waals surface area contributed by atoms with E-state index in [0.29, 0.717) is 5.92 Å². The number of unbranched alkanes of at least 4 members (excludes halogenated alkanes) is 5. The summed E-state index contributed by atoms with van der Waals surface area (Å²) in [6.45, 7) is 6.66. The number of hydrogen-bond donors (Lipinski definition) is 2. The summed E-state index contributed by atoms with van der Waals surface area (Å²) < 4.78 is 0. The van der Waals surface area contributed by atoms with Crippen molar-refractivity contribution in [2.45, 2.75) is 77.7 Å². The van der Waals surface area contributed by atoms with E-state index in [-0.39, 0.29) is 12.1 Å². The fourth-order valence-corrected chi connectivity index (χ4v) is 2.22. The van der Waals surface area contributed by atoms with Gasteiger partial charge in [-0.2, -0.15) is 0 Å². The van der Waals surface area contributed by atoms with Gasteiger partial charge in [-0.25, -0.2) is 0 Å². The molecule has 16 heavy (non-hydrogen) atoms. The number of aliphatic hydroxyl groups excluding tert-OH is 1. The summed E-state index contributed by atoms with van der Waals surface area (Å²) in [6, 6.07) is 0. The maximum atomic E-state index is 9.02. The van der Waals surface area contributed by atoms with Crippen LogP contribution in [0.3, 0.4) is 0 Å². The van der Waals surface area contributed by atoms with E-state index in [1.54, 1.807) is 0 Å². The van der Waals surface area contributed by atoms with Crippen LogP contribution in [-0.4, -0.2) is 17.3 Å². The molecular weight excluding hydrogens is 198 g/mol. The topological polar surface area (TPSA) is 46.2 Å². The lowest BCUT2D eigenvalue weighted by atomic mass is 9.82. The maximum absolute atomic E-state index is 9.02. The van der Waals surface area contributed by atoms with Crippen molar-refractivity contribution in [3.63, 3.8) is 0 Å². The van der Waals surface area contributed by atoms with Gasteiger partial charge in [-0.15, -0.1) is 0 Å². The van der Waals surface area contributed by atoms with Crippen molar-refractivity contribution in [3.05, 3.63) is 0 Å². The number of nitrogens with two attached hydrogens (primary N) is 1. The Bertz CT molecular complexity index is 151. The molecule has 0 saturated heterocycles. The van der Waals surface area contributed by atoms with Crippen molar-refractivity contribution in [2.75, 3.05) is 6.61 Å². The Balaban J connectivity index is 3.61. The quantitative estimate of drug-likeness (QED) is 0.563. The van der Waals surface area contributed by atoms with Gasteiger partial charge in [-0.1, -0.05) is 45.4 Å². The molecular formula is C14H31NO. The Morgan fingerprint density at radius 2 is 1.56 bits per heavy atom. The van der Waals surface area contributed by atoms with Crippen LogP contribution >= 0.6 is 0 Å². The van der Waals surface area contributed by atoms with Crippen molar-refractivity contribution >= 4 is 0 Å². The first-order valence-electron chi connectivity index (χ1n) is 6.92. The average molecular weight is 229 g/mol. The second kappa shape index (κ2) is 9.00. The summed E-state index contributed by atoms with van der Waals surface area (Å²) in [6.07, 6.45) is 9.98. The minimum absolute atomic E-state index is 0.147. The normalized spacial score (nSPS) is 14.1. The zero-order valence-electron chi connectivity index (χ0n) is 11.5. The molecule has 0 aromatic heterocycles. The molecule has 1 atom stereocenters. The highest BCUT2D eigenvalue weighted by molar-refractivity contribution is 4.81. The number of hydrogen-bond acceptors (Lipinski definition) is 2. The third-order valence-corrected chi connectivity index (χ3v) is 3.44. The first-order chi connectivity index (χ1) is 7.52. The van der Waals surface area contributed by atoms with Crippen LogP contribution in [0.2, 0.25) is 0 Å². The molecule has 0 aliphatic heterocycles. The van der Waals surface area contributed by atoms with Crippen LogP contribution in [0.25, 0.3) is 0 Å². The minimum Gasteiger partial charge on any atom is -0.396 e. The number of rotatable bonds is 10. The van der Waals surface area contributed by atoms with Crippen molar-refractivity contribution in [1.82, 2.24) is 0 Å². The van der Waals surface area contributed by atoms with Crippen molar-refractivity contribution in [2.24, 2.45) is 11.7 Å². The Hall–Kier alpha value is -0.0800. The van der Waals surface area contributed by atoms with E-state index >= 15 is 0 Å². The number of aliphatic hydroxyl groups is 1. The Labute approximate surface area is 102 Å². The molecule has 0 aromatic rings. The third-order valence-electron chi connectivity index (χ3n) is 3.44. The fraction of sp³-hybridized carbons (Fsp3) is 1.00. The molecule has 0 saturated carbocycles. The molecule has 2 heteroatoms. The van der Waals surface area contributed by atoms with E-state index in [2.05, 4.69) is 20.8 Å². The largest absolute Gasteiger partial charge is 0.396 e. The highest BCUT2D eigenvalue weighted by Gasteiger charge is 2.23. The summed E-state index contributed by atoms with van der Waals surface area (Å²) in [7, 11) is 0. The van der Waals surface area contributed by atoms with Gasteiger partial charge in [-0.3, -0.25) is 0 Å². The lowest BCUT2D eigenvalue weighted by Crippen LogP contribution is -2.41. The molecule has 0 fully saturated rings. The lowest BCUT2D eigenvalue weighted by molar-refractivity contribution is 0.201. The molecule has 0 heterocycles. The highest BCUT2D eigenvalue weighted by atomic mass is 16.3. The SMILES string of the molecule is CCCCCCCCC(CCO)C(C)(C)N. The van der Waals surface area contributed by atoms with Gasteiger partial charge >= 0.3 is 0 Å². The standard InChI is InChI=1S/C14H31NO/c1-4-5-6-7-8-9-10-13(11-12-16)14(2,3)15/h13,16H,4-12,15H2,1-3H3. The van der Waals surface area contributed by atoms with E-state index in [4.69, 9.17) is 10.8 Å². The first-order valence-corrected chi connectivity index (χ1v) is 6.92. The average Bonchev–Trinajstić information content (AvgIpc) is 2.20. The van der Waals surface area contributed by atoms with Crippen molar-refractivity contribution < 1.29 is 5.11 Å². The monoisotopic (exact) mass is 229 g/mol. The summed E-state index contributed by atoms with van der Waals surface area (Å²) in [5.74, 6) is 0.462. The highest BCUT2D eigenvalue weighted by Crippen LogP contribution is 2.24. The van der Waals surface area contributed by atoms with Gasteiger partial charge in [0.25, 0.3) is 0 Å². The summed E-state index contributed by atoms with van der Waals surface area (Å²) in [4.78, 5) is 0. The molecule has 0 aliphatic rings. The molecule has 3 N–H and O–H groups in total. The summed E-state index contributed by atoms with van der Waals surface area (Å²) in [5.41, 5.74) is 5.97. The van der Waals surface area contributed by atoms with E-state index in [1.807, 2.05) is 0 Å². The molecule has 1 unspecified atom stereocenters. The van der Waals surface area contributed by atoms with Gasteiger partial charge in [0.15, 0.2) is 0 Å². The molecule has 0 amide bonds. The minimum atomic E-state index is -0.147. The van der Waals surface area contributed by atoms with Gasteiger partial charge in [-0.05, 0) is 32.6 Å². The predicted molar refractivity (Wildman–Crippen MR) is 71.5 cm³/mol. The van der Waals surface area contributed by atoms with E-state index in [9.17, 15) is 0 Å². The van der Waals surface area contributed by atoms with Gasteiger partial charge in [0.2, 0.25) is 0 Å². The van der Waals surface area contributed by atoms with E-state index < -0.39 is 0 Å². The zero-order valence-corrected chi connectivity index (χ0v) is 11.5. The van der Waals surface area contributed by atoms with Gasteiger partial charge in [0, 0.05) is 12.1 Å². The van der Waals surface area contributed by atoms with Crippen LogP contribution in [0.5, 0.6) is 0 Å². The van der Waals surface area contributed by atoms with E-state index in [1.165, 1.54) is 38.5 Å². The van der Waals surface area contributed by atoms with Crippen LogP contribution in [0.15, 0.2) is 0 Å². The van der Waals surface area contributed by atoms with Crippen LogP contribution in [0.1, 0.15) is 72.1 Å². The Morgan fingerprint density at radius 1 is 1.00 bits per heavy atom. The zero-order chi connectivity index (χ0) is 12.4. The molecule has 0 bridgehead atoms. The fourth-order valence-electron chi connectivity index (χ4n) is 2.22. The lowest BCUT2D eigenvalue weighted by Gasteiger charge is -2.30. The van der Waals surface area contributed by atoms with Crippen LogP contribution in [-0.2, 0) is 0 Å². The van der Waals surface area contributed by atoms with Crippen molar-refractivity contribution in [1.29, 1.82) is 0 Å². The Kier molecular flexibility index (Phi) is 8.96. The van der Waals surface area contributed by atoms with Crippen LogP contribution in [0, 0.1) is 5.92 Å². The molecule has 98 valence electrons. The second-order valence-electron chi connectivity index (χ2n) is 5.59. The van der Waals surface area contributed by atoms with Crippen molar-refractivity contribution in [3.8, 4) is 0 Å². The molecule has 0 rings (SSSR count). The van der Waals surface area contributed by atoms with Crippen LogP contribution < -0.4 is 5.73 Å². The first kappa shape index (κ1) is 15.9. The molecule has 0 aliphatic carbocycles. The van der Waals surface area contributed by atoms with E-state index in [0.717, 1.165) is 12.8 Å². The maximum Gasteiger partial charge on any atom is 0.0434 e. The Morgan fingerprint density at radius 3 is 2.06 bits per heavy atom. The smallest absolute Gasteiger partial charge is 0.0434 e. The predicted octanol–water partition coefficient (Wildman–Crippen LogP) is 3.47. The molecule has 0 aromatic carbocycles. The third kappa shape index (κ3) is 8.12. The molecule has 2 nitrogen and oxygen atoms in total. The second-order valence-corrected chi connectivity index (χ2v) is 5.59. The van der Waals surface area contributed by atoms with Gasteiger partial charge in [0.1, 0.15) is 0 Å². The van der Waals surface area contributed by atoms with Crippen LogP contribution in [0.4, 0.5) is 0 Å². The summed E-state index contributed by atoms with van der Waals surface area (Å²) >= 11 is 0.